The van der Waals surface area contributed by atoms with Gasteiger partial charge in [0.15, 0.2) is 5.96 Å². The van der Waals surface area contributed by atoms with E-state index >= 15 is 0 Å². The summed E-state index contributed by atoms with van der Waals surface area (Å²) in [6.07, 6.45) is 3.78. The quantitative estimate of drug-likeness (QED) is 0.372. The molecule has 124 valence electrons. The van der Waals surface area contributed by atoms with Gasteiger partial charge in [0, 0.05) is 44.7 Å². The summed E-state index contributed by atoms with van der Waals surface area (Å²) in [7, 11) is -1.26. The molecular formula is C14H24N4O3S. The molecule has 0 unspecified atom stereocenters. The van der Waals surface area contributed by atoms with Crippen molar-refractivity contribution in [3.05, 3.63) is 30.1 Å². The lowest BCUT2D eigenvalue weighted by Crippen LogP contribution is -2.40. The number of hydrogen-bond donors (Lipinski definition) is 2. The van der Waals surface area contributed by atoms with Crippen LogP contribution in [0.1, 0.15) is 5.69 Å². The van der Waals surface area contributed by atoms with E-state index < -0.39 is 9.84 Å². The van der Waals surface area contributed by atoms with Crippen molar-refractivity contribution in [1.82, 2.24) is 15.6 Å². The van der Waals surface area contributed by atoms with Crippen LogP contribution in [0, 0.1) is 0 Å². The Bertz CT molecular complexity index is 546. The van der Waals surface area contributed by atoms with Gasteiger partial charge in [-0.05, 0) is 12.1 Å². The van der Waals surface area contributed by atoms with Crippen LogP contribution in [0.15, 0.2) is 29.4 Å². The lowest BCUT2D eigenvalue weighted by molar-refractivity contribution is 0.154. The second kappa shape index (κ2) is 10.1. The zero-order chi connectivity index (χ0) is 16.3. The molecule has 0 atom stereocenters. The highest BCUT2D eigenvalue weighted by Crippen LogP contribution is 1.92. The molecule has 0 saturated carbocycles. The number of aliphatic imine (C=N–C) groups is 1. The third kappa shape index (κ3) is 9.30. The summed E-state index contributed by atoms with van der Waals surface area (Å²) in [4.78, 5) is 8.35. The number of pyridine rings is 1. The first kappa shape index (κ1) is 18.4. The maximum Gasteiger partial charge on any atom is 0.191 e. The molecule has 1 rings (SSSR count). The molecule has 1 heterocycles. The Labute approximate surface area is 132 Å². The number of sulfone groups is 1. The Morgan fingerprint density at radius 2 is 2.05 bits per heavy atom. The fourth-order valence-electron chi connectivity index (χ4n) is 1.63. The van der Waals surface area contributed by atoms with Gasteiger partial charge in [0.05, 0.1) is 19.0 Å². The number of ether oxygens (including phenoxy) is 1. The average Bonchev–Trinajstić information content (AvgIpc) is 2.49. The van der Waals surface area contributed by atoms with Crippen LogP contribution in [0.25, 0.3) is 0 Å². The molecule has 0 aliphatic heterocycles. The van der Waals surface area contributed by atoms with Crippen molar-refractivity contribution in [2.75, 3.05) is 45.4 Å². The molecule has 0 bridgehead atoms. The summed E-state index contributed by atoms with van der Waals surface area (Å²) < 4.78 is 27.1. The molecule has 1 aromatic rings. The van der Waals surface area contributed by atoms with Gasteiger partial charge in [-0.25, -0.2) is 8.42 Å². The second-order valence-corrected chi connectivity index (χ2v) is 7.00. The van der Waals surface area contributed by atoms with Crippen molar-refractivity contribution in [2.24, 2.45) is 4.99 Å². The molecular weight excluding hydrogens is 304 g/mol. The summed E-state index contributed by atoms with van der Waals surface area (Å²) in [5.74, 6) is 0.729. The molecule has 0 saturated heterocycles. The summed E-state index contributed by atoms with van der Waals surface area (Å²) in [6.45, 7) is 1.93. The van der Waals surface area contributed by atoms with Crippen LogP contribution in [0.4, 0.5) is 0 Å². The summed E-state index contributed by atoms with van der Waals surface area (Å²) >= 11 is 0. The van der Waals surface area contributed by atoms with Crippen molar-refractivity contribution in [2.45, 2.75) is 6.42 Å². The molecule has 0 aromatic carbocycles. The summed E-state index contributed by atoms with van der Waals surface area (Å²) in [5, 5.41) is 6.28. The fourth-order valence-corrected chi connectivity index (χ4v) is 2.05. The van der Waals surface area contributed by atoms with Crippen molar-refractivity contribution in [3.63, 3.8) is 0 Å². The molecule has 0 fully saturated rings. The molecule has 22 heavy (non-hydrogen) atoms. The smallest absolute Gasteiger partial charge is 0.191 e. The first-order chi connectivity index (χ1) is 10.5. The third-order valence-corrected chi connectivity index (χ3v) is 3.67. The first-order valence-corrected chi connectivity index (χ1v) is 9.17. The van der Waals surface area contributed by atoms with E-state index in [-0.39, 0.29) is 12.4 Å². The van der Waals surface area contributed by atoms with E-state index in [0.717, 1.165) is 18.7 Å². The van der Waals surface area contributed by atoms with Gasteiger partial charge in [0.2, 0.25) is 0 Å². The minimum atomic E-state index is -2.96. The van der Waals surface area contributed by atoms with E-state index in [4.69, 9.17) is 4.74 Å². The molecule has 0 radical (unpaired) electrons. The second-order valence-electron chi connectivity index (χ2n) is 4.74. The molecule has 8 heteroatoms. The maximum absolute atomic E-state index is 10.9. The highest BCUT2D eigenvalue weighted by molar-refractivity contribution is 7.90. The molecule has 0 aliphatic rings. The van der Waals surface area contributed by atoms with Crippen LogP contribution in [-0.2, 0) is 21.0 Å². The molecule has 0 spiro atoms. The number of guanidine groups is 1. The normalized spacial score (nSPS) is 12.2. The molecule has 1 aromatic heterocycles. The van der Waals surface area contributed by atoms with E-state index in [1.807, 2.05) is 18.2 Å². The van der Waals surface area contributed by atoms with E-state index in [1.165, 1.54) is 6.26 Å². The Hall–Kier alpha value is -1.67. The van der Waals surface area contributed by atoms with Gasteiger partial charge >= 0.3 is 0 Å². The summed E-state index contributed by atoms with van der Waals surface area (Å²) in [6, 6.07) is 5.83. The maximum atomic E-state index is 10.9. The zero-order valence-electron chi connectivity index (χ0n) is 13.1. The van der Waals surface area contributed by atoms with E-state index in [0.29, 0.717) is 19.1 Å². The molecule has 0 aliphatic carbocycles. The lowest BCUT2D eigenvalue weighted by atomic mass is 10.3. The topological polar surface area (TPSA) is 92.7 Å². The van der Waals surface area contributed by atoms with Gasteiger partial charge < -0.3 is 15.4 Å². The minimum Gasteiger partial charge on any atom is -0.379 e. The van der Waals surface area contributed by atoms with Gasteiger partial charge in [-0.15, -0.1) is 0 Å². The molecule has 0 amide bonds. The SMILES string of the molecule is CN=C(NCCOCCS(C)(=O)=O)NCCc1ccccn1. The Balaban J connectivity index is 2.10. The van der Waals surface area contributed by atoms with Gasteiger partial charge in [-0.1, -0.05) is 6.07 Å². The monoisotopic (exact) mass is 328 g/mol. The number of aromatic nitrogens is 1. The van der Waals surface area contributed by atoms with Crippen molar-refractivity contribution in [3.8, 4) is 0 Å². The van der Waals surface area contributed by atoms with Crippen molar-refractivity contribution < 1.29 is 13.2 Å². The van der Waals surface area contributed by atoms with E-state index in [1.54, 1.807) is 13.2 Å². The van der Waals surface area contributed by atoms with Crippen LogP contribution >= 0.6 is 0 Å². The minimum absolute atomic E-state index is 0.0457. The Morgan fingerprint density at radius 1 is 1.27 bits per heavy atom. The van der Waals surface area contributed by atoms with Crippen molar-refractivity contribution in [1.29, 1.82) is 0 Å². The highest BCUT2D eigenvalue weighted by atomic mass is 32.2. The van der Waals surface area contributed by atoms with Gasteiger partial charge in [-0.3, -0.25) is 9.98 Å². The Morgan fingerprint density at radius 3 is 2.68 bits per heavy atom. The lowest BCUT2D eigenvalue weighted by Gasteiger charge is -2.11. The van der Waals surface area contributed by atoms with Crippen LogP contribution in [0.3, 0.4) is 0 Å². The fraction of sp³-hybridized carbons (Fsp3) is 0.571. The van der Waals surface area contributed by atoms with E-state index in [2.05, 4.69) is 20.6 Å². The summed E-state index contributed by atoms with van der Waals surface area (Å²) in [5.41, 5.74) is 1.02. The van der Waals surface area contributed by atoms with Gasteiger partial charge in [0.25, 0.3) is 0 Å². The van der Waals surface area contributed by atoms with Gasteiger partial charge in [-0.2, -0.15) is 0 Å². The van der Waals surface area contributed by atoms with Crippen LogP contribution in [0.5, 0.6) is 0 Å². The van der Waals surface area contributed by atoms with E-state index in [9.17, 15) is 8.42 Å². The number of nitrogens with one attached hydrogen (secondary N) is 2. The van der Waals surface area contributed by atoms with Crippen LogP contribution < -0.4 is 10.6 Å². The number of rotatable bonds is 9. The average molecular weight is 328 g/mol. The van der Waals surface area contributed by atoms with Crippen LogP contribution in [0.2, 0.25) is 0 Å². The van der Waals surface area contributed by atoms with Crippen molar-refractivity contribution >= 4 is 15.8 Å². The van der Waals surface area contributed by atoms with Gasteiger partial charge in [0.1, 0.15) is 9.84 Å². The first-order valence-electron chi connectivity index (χ1n) is 7.11. The number of hydrogen-bond acceptors (Lipinski definition) is 5. The Kier molecular flexibility index (Phi) is 8.46. The van der Waals surface area contributed by atoms with Crippen LogP contribution in [-0.4, -0.2) is 64.7 Å². The predicted molar refractivity (Wildman–Crippen MR) is 87.8 cm³/mol. The standard InChI is InChI=1S/C14H24N4O3S/c1-15-14(17-8-6-13-5-3-4-7-16-13)18-9-10-21-11-12-22(2,19)20/h3-5,7H,6,8-12H2,1-2H3,(H2,15,17,18). The third-order valence-electron chi connectivity index (χ3n) is 2.76. The highest BCUT2D eigenvalue weighted by Gasteiger charge is 2.01. The number of nitrogens with zero attached hydrogens (tertiary/aromatic N) is 2. The molecule has 2 N–H and O–H groups in total. The molecule has 7 nitrogen and oxygen atoms in total. The predicted octanol–water partition coefficient (Wildman–Crippen LogP) is -0.150. The largest absolute Gasteiger partial charge is 0.379 e. The zero-order valence-corrected chi connectivity index (χ0v) is 13.9.